The van der Waals surface area contributed by atoms with Gasteiger partial charge in [-0.25, -0.2) is 9.78 Å². The summed E-state index contributed by atoms with van der Waals surface area (Å²) < 4.78 is 12.3. The highest BCUT2D eigenvalue weighted by Crippen LogP contribution is 2.26. The molecule has 9 heteroatoms. The molecule has 1 aliphatic rings. The summed E-state index contributed by atoms with van der Waals surface area (Å²) >= 11 is 0. The van der Waals surface area contributed by atoms with Crippen molar-refractivity contribution in [3.05, 3.63) is 76.9 Å². The molecule has 174 valence electrons. The van der Waals surface area contributed by atoms with Crippen LogP contribution in [0.1, 0.15) is 44.6 Å². The van der Waals surface area contributed by atoms with Crippen LogP contribution in [0.4, 0.5) is 0 Å². The van der Waals surface area contributed by atoms with Crippen LogP contribution in [-0.2, 0) is 24.2 Å². The van der Waals surface area contributed by atoms with Crippen molar-refractivity contribution in [3.63, 3.8) is 0 Å². The van der Waals surface area contributed by atoms with Crippen LogP contribution >= 0.6 is 0 Å². The van der Waals surface area contributed by atoms with Crippen LogP contribution in [0, 0.1) is 0 Å². The first-order valence-electron chi connectivity index (χ1n) is 11.2. The molecule has 3 heterocycles. The third-order valence-corrected chi connectivity index (χ3v) is 6.05. The Labute approximate surface area is 196 Å². The number of hydrogen-bond acceptors (Lipinski definition) is 6. The van der Waals surface area contributed by atoms with Gasteiger partial charge in [-0.2, -0.15) is 5.10 Å². The quantitative estimate of drug-likeness (QED) is 0.444. The van der Waals surface area contributed by atoms with E-state index >= 15 is 0 Å². The van der Waals surface area contributed by atoms with E-state index in [2.05, 4.69) is 15.1 Å². The lowest BCUT2D eigenvalue weighted by Crippen LogP contribution is -2.36. The number of carbonyl (C=O) groups is 2. The first kappa shape index (κ1) is 21.7. The number of carbonyl (C=O) groups excluding carboxylic acids is 2. The van der Waals surface area contributed by atoms with Crippen LogP contribution in [0.2, 0.25) is 0 Å². The zero-order chi connectivity index (χ0) is 23.7. The van der Waals surface area contributed by atoms with E-state index < -0.39 is 5.97 Å². The van der Waals surface area contributed by atoms with Gasteiger partial charge < -0.3 is 19.4 Å². The van der Waals surface area contributed by atoms with Crippen LogP contribution in [0.3, 0.4) is 0 Å². The maximum absolute atomic E-state index is 13.3. The predicted molar refractivity (Wildman–Crippen MR) is 125 cm³/mol. The Morgan fingerprint density at radius 2 is 1.97 bits per heavy atom. The first-order valence-corrected chi connectivity index (χ1v) is 11.2. The Balaban J connectivity index is 1.44. The Morgan fingerprint density at radius 3 is 2.74 bits per heavy atom. The van der Waals surface area contributed by atoms with Crippen molar-refractivity contribution in [2.24, 2.45) is 0 Å². The molecule has 0 unspecified atom stereocenters. The third kappa shape index (κ3) is 4.00. The van der Waals surface area contributed by atoms with Crippen molar-refractivity contribution < 1.29 is 19.1 Å². The summed E-state index contributed by atoms with van der Waals surface area (Å²) in [5, 5.41) is 4.61. The van der Waals surface area contributed by atoms with Crippen LogP contribution < -0.4 is 4.74 Å². The number of nitrogens with zero attached hydrogens (tertiary/aromatic N) is 4. The second-order valence-corrected chi connectivity index (χ2v) is 8.11. The monoisotopic (exact) mass is 459 g/mol. The summed E-state index contributed by atoms with van der Waals surface area (Å²) in [6, 6.07) is 13.1. The molecular formula is C25H25N5O4. The lowest BCUT2D eigenvalue weighted by molar-refractivity contribution is 0.0513. The summed E-state index contributed by atoms with van der Waals surface area (Å²) in [5.41, 5.74) is 5.19. The molecule has 0 radical (unpaired) electrons. The number of ether oxygens (including phenoxy) is 2. The number of imidazole rings is 1. The van der Waals surface area contributed by atoms with Gasteiger partial charge in [0.1, 0.15) is 5.75 Å². The molecule has 0 atom stereocenters. The second-order valence-electron chi connectivity index (χ2n) is 8.11. The van der Waals surface area contributed by atoms with Gasteiger partial charge in [0.05, 0.1) is 44.2 Å². The molecule has 9 nitrogen and oxygen atoms in total. The fraction of sp³-hybridized carbons (Fsp3) is 0.280. The van der Waals surface area contributed by atoms with Crippen molar-refractivity contribution in [2.45, 2.75) is 26.4 Å². The molecule has 34 heavy (non-hydrogen) atoms. The summed E-state index contributed by atoms with van der Waals surface area (Å²) in [6.07, 6.45) is 2.20. The van der Waals surface area contributed by atoms with E-state index in [-0.39, 0.29) is 18.2 Å². The van der Waals surface area contributed by atoms with E-state index in [0.717, 1.165) is 33.6 Å². The van der Waals surface area contributed by atoms with E-state index in [9.17, 15) is 9.59 Å². The minimum Gasteiger partial charge on any atom is -0.497 e. The van der Waals surface area contributed by atoms with Crippen LogP contribution in [0.5, 0.6) is 5.75 Å². The number of esters is 1. The smallest absolute Gasteiger partial charge is 0.359 e. The summed E-state index contributed by atoms with van der Waals surface area (Å²) in [5.74, 6) is 0.209. The molecule has 1 N–H and O–H groups in total. The number of H-pyrrole nitrogens is 1. The van der Waals surface area contributed by atoms with Crippen LogP contribution in [0.15, 0.2) is 48.8 Å². The molecule has 0 spiro atoms. The van der Waals surface area contributed by atoms with Gasteiger partial charge in [0.25, 0.3) is 5.91 Å². The third-order valence-electron chi connectivity index (χ3n) is 6.05. The summed E-state index contributed by atoms with van der Waals surface area (Å²) in [6.45, 7) is 3.36. The number of aromatic nitrogens is 4. The zero-order valence-corrected chi connectivity index (χ0v) is 19.1. The molecule has 2 aromatic heterocycles. The molecule has 0 aliphatic carbocycles. The van der Waals surface area contributed by atoms with Gasteiger partial charge in [0.15, 0.2) is 5.69 Å². The van der Waals surface area contributed by atoms with Crippen molar-refractivity contribution >= 4 is 22.9 Å². The Hall–Kier alpha value is -4.14. The lowest BCUT2D eigenvalue weighted by atomic mass is 10.0. The number of nitrogens with one attached hydrogen (secondary N) is 1. The minimum atomic E-state index is -0.472. The number of benzene rings is 2. The number of aromatic amines is 1. The topological polar surface area (TPSA) is 102 Å². The number of hydrogen-bond donors (Lipinski definition) is 1. The first-order chi connectivity index (χ1) is 16.6. The number of amides is 1. The highest BCUT2D eigenvalue weighted by molar-refractivity contribution is 5.97. The van der Waals surface area contributed by atoms with E-state index in [1.165, 1.54) is 0 Å². The maximum atomic E-state index is 13.3. The fourth-order valence-corrected chi connectivity index (χ4v) is 4.31. The van der Waals surface area contributed by atoms with Gasteiger partial charge in [-0.3, -0.25) is 9.48 Å². The van der Waals surface area contributed by atoms with Gasteiger partial charge in [-0.1, -0.05) is 12.1 Å². The van der Waals surface area contributed by atoms with E-state index in [1.807, 2.05) is 35.0 Å². The summed E-state index contributed by atoms with van der Waals surface area (Å²) in [7, 11) is 1.63. The lowest BCUT2D eigenvalue weighted by Gasteiger charge is -2.28. The molecule has 0 fully saturated rings. The van der Waals surface area contributed by atoms with Gasteiger partial charge in [0, 0.05) is 29.8 Å². The Kier molecular flexibility index (Phi) is 5.75. The highest BCUT2D eigenvalue weighted by Gasteiger charge is 2.31. The SMILES string of the molecule is CCOC(=O)c1nn(Cc2ccc(OC)cc2)c2c1CN(C(=O)c1ccc3nc[nH]c3c1)CC2. The minimum absolute atomic E-state index is 0.0973. The van der Waals surface area contributed by atoms with Crippen molar-refractivity contribution in [2.75, 3.05) is 20.3 Å². The van der Waals surface area contributed by atoms with Gasteiger partial charge in [-0.15, -0.1) is 0 Å². The van der Waals surface area contributed by atoms with Gasteiger partial charge in [-0.05, 0) is 42.8 Å². The standard InChI is InChI=1S/C25H25N5O4/c1-3-34-25(32)23-19-14-29(24(31)17-6-9-20-21(12-17)27-15-26-20)11-10-22(19)30(28-23)13-16-4-7-18(33-2)8-5-16/h4-9,12,15H,3,10-11,13-14H2,1-2H3,(H,26,27). The van der Waals surface area contributed by atoms with E-state index in [1.54, 1.807) is 37.4 Å². The Bertz CT molecular complexity index is 1360. The largest absolute Gasteiger partial charge is 0.497 e. The number of rotatable bonds is 6. The van der Waals surface area contributed by atoms with Crippen molar-refractivity contribution in [3.8, 4) is 5.75 Å². The highest BCUT2D eigenvalue weighted by atomic mass is 16.5. The average molecular weight is 460 g/mol. The molecule has 1 aliphatic heterocycles. The van der Waals surface area contributed by atoms with Crippen molar-refractivity contribution in [1.29, 1.82) is 0 Å². The van der Waals surface area contributed by atoms with E-state index in [0.29, 0.717) is 31.6 Å². The van der Waals surface area contributed by atoms with Crippen LogP contribution in [-0.4, -0.2) is 56.8 Å². The van der Waals surface area contributed by atoms with Crippen LogP contribution in [0.25, 0.3) is 11.0 Å². The molecule has 4 aromatic rings. The number of methoxy groups -OCH3 is 1. The van der Waals surface area contributed by atoms with Crippen molar-refractivity contribution in [1.82, 2.24) is 24.6 Å². The average Bonchev–Trinajstić information content (AvgIpc) is 3.48. The molecule has 0 saturated heterocycles. The van der Waals surface area contributed by atoms with E-state index in [4.69, 9.17) is 9.47 Å². The fourth-order valence-electron chi connectivity index (χ4n) is 4.31. The molecule has 1 amide bonds. The molecule has 0 saturated carbocycles. The zero-order valence-electron chi connectivity index (χ0n) is 19.1. The number of fused-ring (bicyclic) bond motifs is 2. The van der Waals surface area contributed by atoms with Gasteiger partial charge >= 0.3 is 5.97 Å². The second kappa shape index (κ2) is 9.01. The molecule has 2 aromatic carbocycles. The normalized spacial score (nSPS) is 13.1. The Morgan fingerprint density at radius 1 is 1.15 bits per heavy atom. The van der Waals surface area contributed by atoms with Gasteiger partial charge in [0.2, 0.25) is 0 Å². The molecule has 0 bridgehead atoms. The summed E-state index contributed by atoms with van der Waals surface area (Å²) in [4.78, 5) is 35.0. The maximum Gasteiger partial charge on any atom is 0.359 e. The molecule has 5 rings (SSSR count). The molecular weight excluding hydrogens is 434 g/mol. The predicted octanol–water partition coefficient (Wildman–Crippen LogP) is 3.19.